The number of pyridine rings is 1. The molecule has 1 aliphatic carbocycles. The normalized spacial score (nSPS) is 13.3. The molecule has 0 bridgehead atoms. The number of benzene rings is 1. The first-order valence-electron chi connectivity index (χ1n) is 10.3. The van der Waals surface area contributed by atoms with E-state index in [1.165, 1.54) is 0 Å². The molecule has 1 aliphatic rings. The van der Waals surface area contributed by atoms with E-state index in [-0.39, 0.29) is 11.9 Å². The first kappa shape index (κ1) is 19.0. The van der Waals surface area contributed by atoms with E-state index in [9.17, 15) is 4.79 Å². The van der Waals surface area contributed by atoms with Gasteiger partial charge in [-0.25, -0.2) is 10.1 Å². The minimum atomic E-state index is -0.337. The number of nitrogens with one attached hydrogen (secondary N) is 2. The third-order valence-electron chi connectivity index (χ3n) is 5.29. The van der Waals surface area contributed by atoms with Gasteiger partial charge in [-0.05, 0) is 49.9 Å². The van der Waals surface area contributed by atoms with Crippen molar-refractivity contribution in [1.29, 1.82) is 0 Å². The monoisotopic (exact) mass is 415 g/mol. The van der Waals surface area contributed by atoms with E-state index in [1.54, 1.807) is 24.5 Å². The average Bonchev–Trinajstić information content (AvgIpc) is 3.37. The van der Waals surface area contributed by atoms with Crippen molar-refractivity contribution in [1.82, 2.24) is 30.3 Å². The van der Waals surface area contributed by atoms with Crippen LogP contribution in [-0.4, -0.2) is 30.8 Å². The van der Waals surface area contributed by atoms with Crippen LogP contribution in [0.3, 0.4) is 0 Å². The van der Waals surface area contributed by atoms with Gasteiger partial charge in [0.2, 0.25) is 5.82 Å². The molecular weight excluding hydrogens is 394 g/mol. The van der Waals surface area contributed by atoms with E-state index in [0.717, 1.165) is 54.6 Å². The van der Waals surface area contributed by atoms with Crippen LogP contribution in [-0.2, 0) is 12.8 Å². The summed E-state index contributed by atoms with van der Waals surface area (Å²) >= 11 is 0. The number of fused-ring (bicyclic) bond motifs is 1. The number of carbonyl (C=O) groups is 1. The van der Waals surface area contributed by atoms with Gasteiger partial charge in [0.05, 0.1) is 5.69 Å². The molecule has 3 heterocycles. The fraction of sp³-hybridized carbons (Fsp3) is 0.227. The number of hydrogen-bond donors (Lipinski definition) is 2. The van der Waals surface area contributed by atoms with Crippen LogP contribution in [0.4, 0.5) is 6.01 Å². The molecule has 2 N–H and O–H groups in total. The van der Waals surface area contributed by atoms with Crippen molar-refractivity contribution in [2.75, 3.05) is 5.43 Å². The number of anilines is 1. The van der Waals surface area contributed by atoms with E-state index in [0.29, 0.717) is 11.5 Å². The zero-order valence-corrected chi connectivity index (χ0v) is 16.8. The standard InChI is InChI=1S/C22H21N7O2/c30-21(25-26-22-24-20(28-31-22)15-11-13-23-14-12-15)19-17-9-5-2-6-10-18(17)29(27-19)16-7-3-1-4-8-16/h1,3-4,7-8,11-14H,2,5-6,9-10H2,(H,25,30)(H,24,26,28). The van der Waals surface area contributed by atoms with Crippen molar-refractivity contribution in [3.05, 3.63) is 71.8 Å². The molecule has 31 heavy (non-hydrogen) atoms. The Morgan fingerprint density at radius 3 is 2.65 bits per heavy atom. The van der Waals surface area contributed by atoms with Crippen molar-refractivity contribution in [3.63, 3.8) is 0 Å². The van der Waals surface area contributed by atoms with Crippen molar-refractivity contribution >= 4 is 11.9 Å². The van der Waals surface area contributed by atoms with E-state index in [1.807, 2.05) is 35.0 Å². The fourth-order valence-electron chi connectivity index (χ4n) is 3.80. The van der Waals surface area contributed by atoms with Crippen LogP contribution in [0.15, 0.2) is 59.4 Å². The predicted molar refractivity (Wildman–Crippen MR) is 113 cm³/mol. The second kappa shape index (κ2) is 8.39. The summed E-state index contributed by atoms with van der Waals surface area (Å²) in [5.41, 5.74) is 9.59. The molecule has 9 nitrogen and oxygen atoms in total. The Hall–Kier alpha value is -4.01. The summed E-state index contributed by atoms with van der Waals surface area (Å²) in [6, 6.07) is 13.5. The van der Waals surface area contributed by atoms with Crippen LogP contribution >= 0.6 is 0 Å². The van der Waals surface area contributed by atoms with Gasteiger partial charge in [0.25, 0.3) is 5.91 Å². The molecule has 0 radical (unpaired) electrons. The maximum absolute atomic E-state index is 13.0. The second-order valence-electron chi connectivity index (χ2n) is 7.32. The molecule has 4 aromatic rings. The highest BCUT2D eigenvalue weighted by molar-refractivity contribution is 5.94. The lowest BCUT2D eigenvalue weighted by Crippen LogP contribution is -2.30. The van der Waals surface area contributed by atoms with Crippen molar-refractivity contribution in [2.24, 2.45) is 0 Å². The van der Waals surface area contributed by atoms with Crippen LogP contribution in [0.2, 0.25) is 0 Å². The topological polar surface area (TPSA) is 111 Å². The molecule has 1 aromatic carbocycles. The third-order valence-corrected chi connectivity index (χ3v) is 5.29. The van der Waals surface area contributed by atoms with Crippen LogP contribution in [0, 0.1) is 0 Å². The van der Waals surface area contributed by atoms with Gasteiger partial charge in [0, 0.05) is 29.2 Å². The van der Waals surface area contributed by atoms with E-state index in [2.05, 4.69) is 31.1 Å². The fourth-order valence-corrected chi connectivity index (χ4v) is 3.80. The average molecular weight is 415 g/mol. The Labute approximate surface area is 178 Å². The van der Waals surface area contributed by atoms with E-state index >= 15 is 0 Å². The van der Waals surface area contributed by atoms with E-state index < -0.39 is 0 Å². The minimum absolute atomic E-state index is 0.0914. The zero-order valence-electron chi connectivity index (χ0n) is 16.8. The number of para-hydroxylation sites is 1. The lowest BCUT2D eigenvalue weighted by atomic mass is 10.1. The Bertz CT molecular complexity index is 1190. The molecule has 9 heteroatoms. The SMILES string of the molecule is O=C(NNc1nc(-c2ccncc2)no1)c1nn(-c2ccccc2)c2c1CCCCC2. The van der Waals surface area contributed by atoms with Gasteiger partial charge < -0.3 is 4.52 Å². The smallest absolute Gasteiger partial charge is 0.313 e. The van der Waals surface area contributed by atoms with Gasteiger partial charge in [0.1, 0.15) is 0 Å². The molecular formula is C22H21N7O2. The lowest BCUT2D eigenvalue weighted by Gasteiger charge is -2.06. The lowest BCUT2D eigenvalue weighted by molar-refractivity contribution is 0.0954. The Balaban J connectivity index is 1.37. The predicted octanol–water partition coefficient (Wildman–Crippen LogP) is 3.34. The summed E-state index contributed by atoms with van der Waals surface area (Å²) in [5, 5.41) is 8.58. The summed E-state index contributed by atoms with van der Waals surface area (Å²) in [6.07, 6.45) is 8.30. The van der Waals surface area contributed by atoms with Gasteiger partial charge >= 0.3 is 6.01 Å². The van der Waals surface area contributed by atoms with Crippen molar-refractivity contribution in [2.45, 2.75) is 32.1 Å². The first-order chi connectivity index (χ1) is 15.3. The molecule has 0 saturated carbocycles. The van der Waals surface area contributed by atoms with Gasteiger partial charge in [-0.15, -0.1) is 0 Å². The molecule has 0 saturated heterocycles. The molecule has 156 valence electrons. The summed E-state index contributed by atoms with van der Waals surface area (Å²) in [6.45, 7) is 0. The highest BCUT2D eigenvalue weighted by Crippen LogP contribution is 2.26. The van der Waals surface area contributed by atoms with Gasteiger partial charge in [-0.1, -0.05) is 29.8 Å². The number of nitrogens with zero attached hydrogens (tertiary/aromatic N) is 5. The van der Waals surface area contributed by atoms with Gasteiger partial charge in [-0.2, -0.15) is 10.1 Å². The minimum Gasteiger partial charge on any atom is -0.313 e. The number of aromatic nitrogens is 5. The van der Waals surface area contributed by atoms with Crippen molar-refractivity contribution < 1.29 is 9.32 Å². The number of carbonyl (C=O) groups excluding carboxylic acids is 1. The highest BCUT2D eigenvalue weighted by atomic mass is 16.5. The molecule has 3 aromatic heterocycles. The Kier molecular flexibility index (Phi) is 5.14. The Morgan fingerprint density at radius 2 is 1.81 bits per heavy atom. The number of hydrazine groups is 1. The molecule has 0 aliphatic heterocycles. The molecule has 0 spiro atoms. The van der Waals surface area contributed by atoms with Gasteiger partial charge in [0.15, 0.2) is 5.69 Å². The number of amides is 1. The third kappa shape index (κ3) is 3.89. The zero-order chi connectivity index (χ0) is 21.0. The summed E-state index contributed by atoms with van der Waals surface area (Å²) < 4.78 is 7.07. The van der Waals surface area contributed by atoms with Crippen LogP contribution in [0.5, 0.6) is 0 Å². The van der Waals surface area contributed by atoms with Gasteiger partial charge in [-0.3, -0.25) is 15.2 Å². The van der Waals surface area contributed by atoms with E-state index in [4.69, 9.17) is 4.52 Å². The molecule has 0 unspecified atom stereocenters. The number of hydrogen-bond acceptors (Lipinski definition) is 7. The summed E-state index contributed by atoms with van der Waals surface area (Å²) in [4.78, 5) is 21.2. The molecule has 0 atom stereocenters. The molecule has 0 fully saturated rings. The maximum Gasteiger partial charge on any atom is 0.340 e. The Morgan fingerprint density at radius 1 is 1.00 bits per heavy atom. The summed E-state index contributed by atoms with van der Waals surface area (Å²) in [5.74, 6) is 0.0675. The summed E-state index contributed by atoms with van der Waals surface area (Å²) in [7, 11) is 0. The quantitative estimate of drug-likeness (QED) is 0.380. The molecule has 1 amide bonds. The second-order valence-corrected chi connectivity index (χ2v) is 7.32. The van der Waals surface area contributed by atoms with Crippen LogP contribution in [0.1, 0.15) is 41.0 Å². The van der Waals surface area contributed by atoms with Crippen molar-refractivity contribution in [3.8, 4) is 17.1 Å². The largest absolute Gasteiger partial charge is 0.340 e. The maximum atomic E-state index is 13.0. The van der Waals surface area contributed by atoms with Crippen LogP contribution < -0.4 is 10.9 Å². The first-order valence-corrected chi connectivity index (χ1v) is 10.3. The molecule has 5 rings (SSSR count). The highest BCUT2D eigenvalue weighted by Gasteiger charge is 2.25. The number of rotatable bonds is 5. The van der Waals surface area contributed by atoms with Crippen LogP contribution in [0.25, 0.3) is 17.1 Å².